The highest BCUT2D eigenvalue weighted by Gasteiger charge is 2.18. The molecule has 2 heterocycles. The van der Waals surface area contributed by atoms with E-state index in [4.69, 9.17) is 19.7 Å². The van der Waals surface area contributed by atoms with Gasteiger partial charge in [-0.2, -0.15) is 5.10 Å². The van der Waals surface area contributed by atoms with Gasteiger partial charge in [0.05, 0.1) is 25.0 Å². The summed E-state index contributed by atoms with van der Waals surface area (Å²) in [4.78, 5) is 32.3. The average Bonchev–Trinajstić information content (AvgIpc) is 3.20. The topological polar surface area (TPSA) is 131 Å². The zero-order valence-corrected chi connectivity index (χ0v) is 20.0. The molecular weight excluding hydrogens is 450 g/mol. The van der Waals surface area contributed by atoms with Crippen LogP contribution in [0.5, 0.6) is 11.5 Å². The Morgan fingerprint density at radius 1 is 1.17 bits per heavy atom. The fourth-order valence-electron chi connectivity index (χ4n) is 4.08. The van der Waals surface area contributed by atoms with Gasteiger partial charge < -0.3 is 14.5 Å². The van der Waals surface area contributed by atoms with Crippen LogP contribution in [0.15, 0.2) is 41.2 Å². The van der Waals surface area contributed by atoms with Gasteiger partial charge in [-0.05, 0) is 48.7 Å². The highest BCUT2D eigenvalue weighted by atomic mass is 16.5. The number of methoxy groups -OCH3 is 1. The van der Waals surface area contributed by atoms with Crippen LogP contribution in [0, 0.1) is 0 Å². The van der Waals surface area contributed by atoms with Gasteiger partial charge in [0.1, 0.15) is 22.8 Å². The molecule has 182 valence electrons. The van der Waals surface area contributed by atoms with Crippen LogP contribution >= 0.6 is 0 Å². The lowest BCUT2D eigenvalue weighted by molar-refractivity contribution is 0.0706. The summed E-state index contributed by atoms with van der Waals surface area (Å²) in [6, 6.07) is 10.7. The lowest BCUT2D eigenvalue weighted by Crippen LogP contribution is -2.18. The van der Waals surface area contributed by atoms with Gasteiger partial charge in [0.2, 0.25) is 0 Å². The highest BCUT2D eigenvalue weighted by Crippen LogP contribution is 2.32. The van der Waals surface area contributed by atoms with Crippen molar-refractivity contribution in [3.63, 3.8) is 0 Å². The van der Waals surface area contributed by atoms with Gasteiger partial charge in [-0.3, -0.25) is 19.5 Å². The number of carbonyl (C=O) groups is 1. The van der Waals surface area contributed by atoms with Crippen LogP contribution in [-0.2, 0) is 19.9 Å². The van der Waals surface area contributed by atoms with Crippen molar-refractivity contribution in [1.29, 1.82) is 0 Å². The van der Waals surface area contributed by atoms with Crippen molar-refractivity contribution in [2.45, 2.75) is 26.7 Å². The number of aromatic nitrogens is 4. The number of nitrogens with one attached hydrogen (secondary N) is 2. The Hall–Kier alpha value is -4.18. The third-order valence-corrected chi connectivity index (χ3v) is 5.74. The molecule has 0 aliphatic rings. The smallest absolute Gasteiger partial charge is 0.277 e. The molecule has 4 aromatic rings. The molecule has 4 rings (SSSR count). The molecule has 1 amide bonds. The number of aromatic amines is 1. The Labute approximate surface area is 201 Å². The van der Waals surface area contributed by atoms with Crippen LogP contribution in [0.25, 0.3) is 22.4 Å². The van der Waals surface area contributed by atoms with Crippen LogP contribution in [-0.4, -0.2) is 44.6 Å². The predicted octanol–water partition coefficient (Wildman–Crippen LogP) is 3.00. The lowest BCUT2D eigenvalue weighted by Gasteiger charge is -2.14. The van der Waals surface area contributed by atoms with Crippen LogP contribution < -0.4 is 20.5 Å². The van der Waals surface area contributed by atoms with E-state index in [2.05, 4.69) is 10.1 Å². The minimum Gasteiger partial charge on any atom is -0.496 e. The van der Waals surface area contributed by atoms with E-state index in [0.29, 0.717) is 53.4 Å². The number of hydrogen-bond donors (Lipinski definition) is 3. The van der Waals surface area contributed by atoms with E-state index in [-0.39, 0.29) is 11.1 Å². The molecular formula is C25H27N5O5. The number of aryl methyl sites for hydroxylation is 2. The maximum atomic E-state index is 12.9. The average molecular weight is 478 g/mol. The Bertz CT molecular complexity index is 1460. The maximum absolute atomic E-state index is 12.9. The van der Waals surface area contributed by atoms with Crippen molar-refractivity contribution in [3.8, 4) is 22.9 Å². The summed E-state index contributed by atoms with van der Waals surface area (Å²) < 4.78 is 12.9. The highest BCUT2D eigenvalue weighted by molar-refractivity contribution is 5.93. The second-order valence-electron chi connectivity index (χ2n) is 7.94. The third kappa shape index (κ3) is 4.60. The standard InChI is InChI=1S/C25H27N5O5/c1-5-18-21-22(30(3)28-18)25(32)27-23(26-21)17-12-14(7-10-19(17)35-6-2)11-15-8-9-16(24(31)29-33)13-20(15)34-4/h7-10,12-13,33H,5-6,11H2,1-4H3,(H,29,31)(H,26,27,32). The lowest BCUT2D eigenvalue weighted by atomic mass is 9.99. The van der Waals surface area contributed by atoms with Crippen LogP contribution in [0.1, 0.15) is 41.0 Å². The molecule has 0 spiro atoms. The first-order chi connectivity index (χ1) is 16.9. The number of benzene rings is 2. The summed E-state index contributed by atoms with van der Waals surface area (Å²) >= 11 is 0. The van der Waals surface area contributed by atoms with Crippen molar-refractivity contribution in [2.75, 3.05) is 13.7 Å². The van der Waals surface area contributed by atoms with E-state index < -0.39 is 5.91 Å². The number of nitrogens with zero attached hydrogens (tertiary/aromatic N) is 3. The normalized spacial score (nSPS) is 11.0. The second kappa shape index (κ2) is 9.98. The molecule has 10 heteroatoms. The monoisotopic (exact) mass is 477 g/mol. The molecule has 0 radical (unpaired) electrons. The van der Waals surface area contributed by atoms with Crippen LogP contribution in [0.4, 0.5) is 0 Å². The number of fused-ring (bicyclic) bond motifs is 1. The van der Waals surface area contributed by atoms with Gasteiger partial charge >= 0.3 is 0 Å². The minimum atomic E-state index is -0.620. The number of hydrogen-bond acceptors (Lipinski definition) is 7. The van der Waals surface area contributed by atoms with E-state index in [9.17, 15) is 9.59 Å². The summed E-state index contributed by atoms with van der Waals surface area (Å²) in [6.07, 6.45) is 1.14. The summed E-state index contributed by atoms with van der Waals surface area (Å²) in [7, 11) is 3.25. The number of ether oxygens (including phenoxy) is 2. The predicted molar refractivity (Wildman–Crippen MR) is 130 cm³/mol. The second-order valence-corrected chi connectivity index (χ2v) is 7.94. The van der Waals surface area contributed by atoms with Crippen molar-refractivity contribution >= 4 is 16.9 Å². The first-order valence-corrected chi connectivity index (χ1v) is 11.2. The van der Waals surface area contributed by atoms with Gasteiger partial charge in [0.15, 0.2) is 5.52 Å². The Morgan fingerprint density at radius 2 is 1.97 bits per heavy atom. The van der Waals surface area contributed by atoms with Gasteiger partial charge in [0.25, 0.3) is 11.5 Å². The summed E-state index contributed by atoms with van der Waals surface area (Å²) in [5, 5.41) is 13.3. The summed E-state index contributed by atoms with van der Waals surface area (Å²) in [5.74, 6) is 0.892. The van der Waals surface area contributed by atoms with Gasteiger partial charge in [-0.15, -0.1) is 0 Å². The fraction of sp³-hybridized carbons (Fsp3) is 0.280. The molecule has 0 fully saturated rings. The molecule has 35 heavy (non-hydrogen) atoms. The molecule has 0 saturated carbocycles. The Balaban J connectivity index is 1.80. The van der Waals surface area contributed by atoms with Crippen molar-refractivity contribution < 1.29 is 19.5 Å². The van der Waals surface area contributed by atoms with E-state index in [1.165, 1.54) is 7.11 Å². The maximum Gasteiger partial charge on any atom is 0.277 e. The molecule has 0 atom stereocenters. The molecule has 10 nitrogen and oxygen atoms in total. The number of hydroxylamine groups is 1. The first kappa shape index (κ1) is 24.0. The third-order valence-electron chi connectivity index (χ3n) is 5.74. The Morgan fingerprint density at radius 3 is 2.66 bits per heavy atom. The molecule has 0 unspecified atom stereocenters. The summed E-state index contributed by atoms with van der Waals surface area (Å²) in [6.45, 7) is 4.32. The van der Waals surface area contributed by atoms with Crippen molar-refractivity contribution in [2.24, 2.45) is 7.05 Å². The quantitative estimate of drug-likeness (QED) is 0.263. The van der Waals surface area contributed by atoms with Gasteiger partial charge in [0, 0.05) is 19.0 Å². The first-order valence-electron chi connectivity index (χ1n) is 11.2. The largest absolute Gasteiger partial charge is 0.496 e. The molecule has 0 aliphatic heterocycles. The number of amides is 1. The Kier molecular flexibility index (Phi) is 6.83. The molecule has 2 aromatic heterocycles. The number of rotatable bonds is 8. The molecule has 2 aromatic carbocycles. The zero-order valence-electron chi connectivity index (χ0n) is 20.0. The zero-order chi connectivity index (χ0) is 25.1. The summed E-state index contributed by atoms with van der Waals surface area (Å²) in [5.41, 5.74) is 5.80. The van der Waals surface area contributed by atoms with Crippen LogP contribution in [0.3, 0.4) is 0 Å². The van der Waals surface area contributed by atoms with E-state index in [1.54, 1.807) is 35.4 Å². The fourth-order valence-corrected chi connectivity index (χ4v) is 4.08. The van der Waals surface area contributed by atoms with E-state index in [1.807, 2.05) is 32.0 Å². The minimum absolute atomic E-state index is 0.271. The van der Waals surface area contributed by atoms with E-state index in [0.717, 1.165) is 16.8 Å². The molecule has 0 aliphatic carbocycles. The molecule has 3 N–H and O–H groups in total. The molecule has 0 saturated heterocycles. The molecule has 0 bridgehead atoms. The SMILES string of the molecule is CCOc1ccc(Cc2ccc(C(=O)NO)cc2OC)cc1-c1nc2c(CC)nn(C)c2c(=O)[nH]1. The van der Waals surface area contributed by atoms with Crippen molar-refractivity contribution in [1.82, 2.24) is 25.2 Å². The number of carbonyl (C=O) groups excluding carboxylic acids is 1. The van der Waals surface area contributed by atoms with Gasteiger partial charge in [-0.25, -0.2) is 10.5 Å². The van der Waals surface area contributed by atoms with Gasteiger partial charge in [-0.1, -0.05) is 19.1 Å². The number of H-pyrrole nitrogens is 1. The van der Waals surface area contributed by atoms with E-state index >= 15 is 0 Å². The van der Waals surface area contributed by atoms with Crippen molar-refractivity contribution in [3.05, 3.63) is 69.1 Å². The van der Waals surface area contributed by atoms with Crippen LogP contribution in [0.2, 0.25) is 0 Å².